The summed E-state index contributed by atoms with van der Waals surface area (Å²) >= 11 is 0. The van der Waals surface area contributed by atoms with Gasteiger partial charge in [0.25, 0.3) is 0 Å². The molecule has 0 aliphatic heterocycles. The molecule has 3 fully saturated rings. The Morgan fingerprint density at radius 1 is 0.769 bits per heavy atom. The average Bonchev–Trinajstić information content (AvgIpc) is 2.70. The topological polar surface area (TPSA) is 0 Å². The van der Waals surface area contributed by atoms with Crippen LogP contribution in [0, 0.1) is 29.6 Å². The fourth-order valence-corrected chi connectivity index (χ4v) is 4.56. The molecule has 5 atom stereocenters. The Bertz CT molecular complexity index is 196. The number of hydrogen-bond acceptors (Lipinski definition) is 0. The molecule has 0 heteroatoms. The maximum absolute atomic E-state index is 2.50. The molecule has 0 N–H and O–H groups in total. The molecule has 3 aliphatic rings. The van der Waals surface area contributed by atoms with Crippen molar-refractivity contribution in [2.45, 2.75) is 51.9 Å². The van der Waals surface area contributed by atoms with Crippen molar-refractivity contribution in [1.82, 2.24) is 0 Å². The van der Waals surface area contributed by atoms with Gasteiger partial charge in [0.1, 0.15) is 0 Å². The van der Waals surface area contributed by atoms with Gasteiger partial charge in [0.2, 0.25) is 0 Å². The normalized spacial score (nSPS) is 54.7. The summed E-state index contributed by atoms with van der Waals surface area (Å²) in [6, 6.07) is 0. The lowest BCUT2D eigenvalue weighted by Crippen LogP contribution is -2.28. The third-order valence-electron chi connectivity index (χ3n) is 5.33. The minimum absolute atomic E-state index is 1.06. The van der Waals surface area contributed by atoms with Gasteiger partial charge in [0.05, 0.1) is 0 Å². The molecule has 0 spiro atoms. The van der Waals surface area contributed by atoms with Gasteiger partial charge in [-0.05, 0) is 48.9 Å². The van der Waals surface area contributed by atoms with Crippen LogP contribution in [-0.4, -0.2) is 0 Å². The van der Waals surface area contributed by atoms with Crippen molar-refractivity contribution in [3.8, 4) is 0 Å². The van der Waals surface area contributed by atoms with Crippen molar-refractivity contribution >= 4 is 0 Å². The first kappa shape index (κ1) is 8.32. The van der Waals surface area contributed by atoms with Crippen LogP contribution < -0.4 is 0 Å². The van der Waals surface area contributed by atoms with Crippen molar-refractivity contribution in [3.05, 3.63) is 0 Å². The highest BCUT2D eigenvalue weighted by Gasteiger charge is 2.43. The van der Waals surface area contributed by atoms with E-state index in [1.807, 2.05) is 0 Å². The van der Waals surface area contributed by atoms with Gasteiger partial charge in [-0.3, -0.25) is 0 Å². The zero-order valence-electron chi connectivity index (χ0n) is 8.84. The van der Waals surface area contributed by atoms with Gasteiger partial charge in [-0.1, -0.05) is 32.6 Å². The van der Waals surface area contributed by atoms with E-state index in [0.29, 0.717) is 0 Å². The predicted molar refractivity (Wildman–Crippen MR) is 55.4 cm³/mol. The molecule has 0 saturated heterocycles. The predicted octanol–water partition coefficient (Wildman–Crippen LogP) is 3.86. The van der Waals surface area contributed by atoms with E-state index in [1.165, 1.54) is 6.42 Å². The Labute approximate surface area is 82.1 Å². The van der Waals surface area contributed by atoms with E-state index in [2.05, 4.69) is 6.92 Å². The smallest absolute Gasteiger partial charge is 0.0357 e. The molecular formula is C13H22. The summed E-state index contributed by atoms with van der Waals surface area (Å²) in [6.45, 7) is 2.50. The molecule has 0 aromatic rings. The van der Waals surface area contributed by atoms with E-state index >= 15 is 0 Å². The van der Waals surface area contributed by atoms with E-state index < -0.39 is 0 Å². The fraction of sp³-hybridized carbons (Fsp3) is 1.00. The summed E-state index contributed by atoms with van der Waals surface area (Å²) in [5, 5.41) is 0. The lowest BCUT2D eigenvalue weighted by atomic mass is 9.69. The molecule has 13 heavy (non-hydrogen) atoms. The second kappa shape index (κ2) is 3.00. The lowest BCUT2D eigenvalue weighted by molar-refractivity contribution is 0.135. The maximum atomic E-state index is 2.50. The molecule has 3 saturated carbocycles. The molecule has 74 valence electrons. The van der Waals surface area contributed by atoms with Gasteiger partial charge in [-0.2, -0.15) is 0 Å². The summed E-state index contributed by atoms with van der Waals surface area (Å²) < 4.78 is 0. The van der Waals surface area contributed by atoms with Crippen LogP contribution in [0.25, 0.3) is 0 Å². The quantitative estimate of drug-likeness (QED) is 0.528. The Morgan fingerprint density at radius 2 is 1.54 bits per heavy atom. The number of hydrogen-bond donors (Lipinski definition) is 0. The number of rotatable bonds is 0. The first-order valence-electron chi connectivity index (χ1n) is 6.34. The molecule has 5 unspecified atom stereocenters. The average molecular weight is 178 g/mol. The van der Waals surface area contributed by atoms with Crippen LogP contribution >= 0.6 is 0 Å². The molecule has 3 rings (SSSR count). The second-order valence-electron chi connectivity index (χ2n) is 5.90. The van der Waals surface area contributed by atoms with E-state index in [1.54, 1.807) is 38.5 Å². The standard InChI is InChI=1S/C13H22/c1-9-5-6-12-7-10-3-2-4-11(10)8-13(9)12/h9-13H,2-8H2,1H3. The van der Waals surface area contributed by atoms with Crippen molar-refractivity contribution in [3.63, 3.8) is 0 Å². The van der Waals surface area contributed by atoms with Crippen LogP contribution in [0.4, 0.5) is 0 Å². The van der Waals surface area contributed by atoms with Crippen molar-refractivity contribution < 1.29 is 0 Å². The molecule has 0 heterocycles. The van der Waals surface area contributed by atoms with Crippen LogP contribution in [0.5, 0.6) is 0 Å². The molecule has 0 nitrogen and oxygen atoms in total. The van der Waals surface area contributed by atoms with Crippen LogP contribution in [-0.2, 0) is 0 Å². The fourth-order valence-electron chi connectivity index (χ4n) is 4.56. The molecule has 0 aromatic carbocycles. The molecule has 0 radical (unpaired) electrons. The summed E-state index contributed by atoms with van der Waals surface area (Å²) in [6.07, 6.45) is 11.0. The van der Waals surface area contributed by atoms with Crippen molar-refractivity contribution in [1.29, 1.82) is 0 Å². The van der Waals surface area contributed by atoms with Crippen molar-refractivity contribution in [2.75, 3.05) is 0 Å². The van der Waals surface area contributed by atoms with E-state index in [0.717, 1.165) is 29.6 Å². The first-order chi connectivity index (χ1) is 6.34. The Morgan fingerprint density at radius 3 is 2.38 bits per heavy atom. The lowest BCUT2D eigenvalue weighted by Gasteiger charge is -2.36. The molecular weight excluding hydrogens is 156 g/mol. The molecule has 0 amide bonds. The van der Waals surface area contributed by atoms with Crippen LogP contribution in [0.2, 0.25) is 0 Å². The first-order valence-corrected chi connectivity index (χ1v) is 6.34. The highest BCUT2D eigenvalue weighted by atomic mass is 14.5. The Balaban J connectivity index is 1.76. The van der Waals surface area contributed by atoms with Gasteiger partial charge < -0.3 is 0 Å². The molecule has 3 aliphatic carbocycles. The monoisotopic (exact) mass is 178 g/mol. The zero-order valence-corrected chi connectivity index (χ0v) is 8.84. The minimum atomic E-state index is 1.06. The maximum Gasteiger partial charge on any atom is -0.0357 e. The Kier molecular flexibility index (Phi) is 1.92. The third kappa shape index (κ3) is 1.25. The van der Waals surface area contributed by atoms with Gasteiger partial charge in [0.15, 0.2) is 0 Å². The SMILES string of the molecule is CC1CCC2CC3CCCC3CC12. The second-order valence-corrected chi connectivity index (χ2v) is 5.90. The minimum Gasteiger partial charge on any atom is -0.0622 e. The third-order valence-corrected chi connectivity index (χ3v) is 5.33. The van der Waals surface area contributed by atoms with E-state index in [9.17, 15) is 0 Å². The summed E-state index contributed by atoms with van der Waals surface area (Å²) in [7, 11) is 0. The highest BCUT2D eigenvalue weighted by Crippen LogP contribution is 2.53. The number of fused-ring (bicyclic) bond motifs is 2. The molecule has 0 bridgehead atoms. The largest absolute Gasteiger partial charge is 0.0622 e. The van der Waals surface area contributed by atoms with Gasteiger partial charge in [-0.25, -0.2) is 0 Å². The Hall–Kier alpha value is 0. The molecule has 0 aromatic heterocycles. The summed E-state index contributed by atoms with van der Waals surface area (Å²) in [5.74, 6) is 5.66. The van der Waals surface area contributed by atoms with Crippen molar-refractivity contribution in [2.24, 2.45) is 29.6 Å². The zero-order chi connectivity index (χ0) is 8.84. The van der Waals surface area contributed by atoms with Crippen LogP contribution in [0.3, 0.4) is 0 Å². The van der Waals surface area contributed by atoms with Gasteiger partial charge in [0, 0.05) is 0 Å². The van der Waals surface area contributed by atoms with E-state index in [-0.39, 0.29) is 0 Å². The summed E-state index contributed by atoms with van der Waals surface area (Å²) in [5.41, 5.74) is 0. The summed E-state index contributed by atoms with van der Waals surface area (Å²) in [4.78, 5) is 0. The van der Waals surface area contributed by atoms with E-state index in [4.69, 9.17) is 0 Å². The van der Waals surface area contributed by atoms with Crippen LogP contribution in [0.1, 0.15) is 51.9 Å². The highest BCUT2D eigenvalue weighted by molar-refractivity contribution is 4.94. The van der Waals surface area contributed by atoms with Crippen LogP contribution in [0.15, 0.2) is 0 Å². The van der Waals surface area contributed by atoms with Gasteiger partial charge >= 0.3 is 0 Å². The van der Waals surface area contributed by atoms with Gasteiger partial charge in [-0.15, -0.1) is 0 Å².